The maximum Gasteiger partial charge on any atom is 0.268 e. The van der Waals surface area contributed by atoms with Crippen LogP contribution < -0.4 is 5.32 Å². The summed E-state index contributed by atoms with van der Waals surface area (Å²) in [4.78, 5) is 27.8. The zero-order valence-electron chi connectivity index (χ0n) is 15.3. The van der Waals surface area contributed by atoms with Gasteiger partial charge in [0, 0.05) is 36.6 Å². The summed E-state index contributed by atoms with van der Waals surface area (Å²) in [5.74, 6) is -0.0100. The molecule has 0 aliphatic heterocycles. The number of aromatic nitrogens is 3. The number of Topliss-reactive ketones (excluding diaryl/α,β-unsaturated/α-hetero) is 1. The fraction of sp³-hybridized carbons (Fsp3) is 0.286. The van der Waals surface area contributed by atoms with Crippen molar-refractivity contribution >= 4 is 11.7 Å². The van der Waals surface area contributed by atoms with Gasteiger partial charge in [-0.15, -0.1) is 0 Å². The summed E-state index contributed by atoms with van der Waals surface area (Å²) in [5, 5.41) is 7.16. The number of aromatic amines is 1. The minimum absolute atomic E-state index is 0.140. The number of amides is 1. The van der Waals surface area contributed by atoms with Crippen LogP contribution in [0.15, 0.2) is 42.7 Å². The molecule has 2 aromatic heterocycles. The maximum atomic E-state index is 12.5. The van der Waals surface area contributed by atoms with Crippen LogP contribution in [-0.2, 0) is 12.8 Å². The Balaban J connectivity index is 1.37. The number of carbonyl (C=O) groups excluding carboxylic acids is 2. The molecule has 4 rings (SSSR count). The van der Waals surface area contributed by atoms with E-state index in [0.29, 0.717) is 18.7 Å². The third-order valence-electron chi connectivity index (χ3n) is 5.07. The summed E-state index contributed by atoms with van der Waals surface area (Å²) < 4.78 is 1.81. The molecule has 6 nitrogen and oxygen atoms in total. The predicted molar refractivity (Wildman–Crippen MR) is 102 cm³/mol. The van der Waals surface area contributed by atoms with E-state index in [4.69, 9.17) is 0 Å². The van der Waals surface area contributed by atoms with Crippen molar-refractivity contribution in [2.45, 2.75) is 32.6 Å². The Morgan fingerprint density at radius 2 is 2.07 bits per heavy atom. The second kappa shape index (κ2) is 7.23. The topological polar surface area (TPSA) is 79.8 Å². The fourth-order valence-corrected chi connectivity index (χ4v) is 3.65. The lowest BCUT2D eigenvalue weighted by Gasteiger charge is -2.09. The molecule has 0 fully saturated rings. The lowest BCUT2D eigenvalue weighted by molar-refractivity contribution is 0.0948. The molecule has 0 bridgehead atoms. The van der Waals surface area contributed by atoms with Crippen LogP contribution in [0, 0.1) is 6.92 Å². The molecule has 0 saturated heterocycles. The molecule has 0 saturated carbocycles. The lowest BCUT2D eigenvalue weighted by atomic mass is 9.94. The van der Waals surface area contributed by atoms with Gasteiger partial charge in [-0.2, -0.15) is 5.10 Å². The van der Waals surface area contributed by atoms with E-state index in [1.807, 2.05) is 48.1 Å². The van der Waals surface area contributed by atoms with Gasteiger partial charge >= 0.3 is 0 Å². The summed E-state index contributed by atoms with van der Waals surface area (Å²) >= 11 is 0. The highest BCUT2D eigenvalue weighted by Crippen LogP contribution is 2.26. The zero-order valence-corrected chi connectivity index (χ0v) is 15.3. The second-order valence-electron chi connectivity index (χ2n) is 6.88. The van der Waals surface area contributed by atoms with E-state index in [1.165, 1.54) is 0 Å². The van der Waals surface area contributed by atoms with E-state index >= 15 is 0 Å². The molecule has 3 aromatic rings. The van der Waals surface area contributed by atoms with Crippen molar-refractivity contribution in [3.63, 3.8) is 0 Å². The fourth-order valence-electron chi connectivity index (χ4n) is 3.65. The highest BCUT2D eigenvalue weighted by atomic mass is 16.2. The first-order chi connectivity index (χ1) is 13.1. The first kappa shape index (κ1) is 17.3. The number of carbonyl (C=O) groups is 2. The van der Waals surface area contributed by atoms with Gasteiger partial charge in [0.1, 0.15) is 5.69 Å². The molecule has 2 N–H and O–H groups in total. The Morgan fingerprint density at radius 1 is 1.26 bits per heavy atom. The average molecular weight is 362 g/mol. The standard InChI is InChI=1S/C21H22N4O2/c1-14-19-17(4-2-5-18(19)26)24-20(14)21(27)22-12-10-15-6-8-16(9-7-15)25-13-3-11-23-25/h3,6-9,11,13,24H,2,4-5,10,12H2,1H3,(H,22,27). The van der Waals surface area contributed by atoms with Crippen LogP contribution in [0.4, 0.5) is 0 Å². The van der Waals surface area contributed by atoms with Gasteiger partial charge in [-0.05, 0) is 55.5 Å². The van der Waals surface area contributed by atoms with Crippen LogP contribution >= 0.6 is 0 Å². The van der Waals surface area contributed by atoms with Gasteiger partial charge in [0.2, 0.25) is 0 Å². The van der Waals surface area contributed by atoms with E-state index in [0.717, 1.165) is 47.3 Å². The van der Waals surface area contributed by atoms with Crippen LogP contribution in [0.25, 0.3) is 5.69 Å². The van der Waals surface area contributed by atoms with Crippen LogP contribution in [-0.4, -0.2) is 33.0 Å². The van der Waals surface area contributed by atoms with Gasteiger partial charge in [0.25, 0.3) is 5.91 Å². The molecule has 2 heterocycles. The number of H-pyrrole nitrogens is 1. The van der Waals surface area contributed by atoms with Gasteiger partial charge in [-0.25, -0.2) is 4.68 Å². The van der Waals surface area contributed by atoms with Gasteiger partial charge in [0.05, 0.1) is 5.69 Å². The van der Waals surface area contributed by atoms with Crippen molar-refractivity contribution in [2.75, 3.05) is 6.54 Å². The number of nitrogens with zero attached hydrogens (tertiary/aromatic N) is 2. The molecule has 1 aromatic carbocycles. The number of hydrogen-bond donors (Lipinski definition) is 2. The smallest absolute Gasteiger partial charge is 0.268 e. The van der Waals surface area contributed by atoms with Crippen LogP contribution in [0.5, 0.6) is 0 Å². The maximum absolute atomic E-state index is 12.5. The molecule has 0 spiro atoms. The normalized spacial score (nSPS) is 13.4. The van der Waals surface area contributed by atoms with Crippen molar-refractivity contribution in [1.82, 2.24) is 20.1 Å². The third kappa shape index (κ3) is 3.43. The summed E-state index contributed by atoms with van der Waals surface area (Å²) in [7, 11) is 0. The molecule has 0 radical (unpaired) electrons. The van der Waals surface area contributed by atoms with E-state index < -0.39 is 0 Å². The van der Waals surface area contributed by atoms with Crippen molar-refractivity contribution in [1.29, 1.82) is 0 Å². The van der Waals surface area contributed by atoms with Crippen molar-refractivity contribution in [3.05, 3.63) is 70.8 Å². The number of aryl methyl sites for hydroxylation is 1. The van der Waals surface area contributed by atoms with Crippen molar-refractivity contribution in [3.8, 4) is 5.69 Å². The largest absolute Gasteiger partial charge is 0.354 e. The highest BCUT2D eigenvalue weighted by molar-refractivity contribution is 6.04. The number of hydrogen-bond acceptors (Lipinski definition) is 3. The number of ketones is 1. The molecular weight excluding hydrogens is 340 g/mol. The van der Waals surface area contributed by atoms with E-state index in [9.17, 15) is 9.59 Å². The summed E-state index contributed by atoms with van der Waals surface area (Å²) in [6, 6.07) is 10.00. The minimum atomic E-state index is -0.150. The third-order valence-corrected chi connectivity index (χ3v) is 5.07. The molecule has 0 atom stereocenters. The Bertz CT molecular complexity index is 969. The second-order valence-corrected chi connectivity index (χ2v) is 6.88. The number of fused-ring (bicyclic) bond motifs is 1. The Hall–Kier alpha value is -3.15. The molecule has 6 heteroatoms. The van der Waals surface area contributed by atoms with Crippen LogP contribution in [0.1, 0.15) is 50.5 Å². The molecule has 27 heavy (non-hydrogen) atoms. The Kier molecular flexibility index (Phi) is 4.62. The van der Waals surface area contributed by atoms with Gasteiger partial charge in [-0.1, -0.05) is 12.1 Å². The van der Waals surface area contributed by atoms with Gasteiger partial charge in [-0.3, -0.25) is 9.59 Å². The molecule has 1 amide bonds. The predicted octanol–water partition coefficient (Wildman–Crippen LogP) is 3.00. The molecular formula is C21H22N4O2. The molecule has 138 valence electrons. The summed E-state index contributed by atoms with van der Waals surface area (Å²) in [6.07, 6.45) is 6.64. The molecule has 1 aliphatic rings. The Labute approximate surface area is 157 Å². The summed E-state index contributed by atoms with van der Waals surface area (Å²) in [5.41, 5.74) is 5.07. The molecule has 1 aliphatic carbocycles. The van der Waals surface area contributed by atoms with Gasteiger partial charge in [0.15, 0.2) is 5.78 Å². The van der Waals surface area contributed by atoms with Crippen molar-refractivity contribution in [2.24, 2.45) is 0 Å². The average Bonchev–Trinajstić information content (AvgIpc) is 3.31. The van der Waals surface area contributed by atoms with Crippen LogP contribution in [0.3, 0.4) is 0 Å². The number of benzene rings is 1. The van der Waals surface area contributed by atoms with E-state index in [1.54, 1.807) is 6.20 Å². The quantitative estimate of drug-likeness (QED) is 0.732. The molecule has 0 unspecified atom stereocenters. The van der Waals surface area contributed by atoms with E-state index in [2.05, 4.69) is 15.4 Å². The zero-order chi connectivity index (χ0) is 18.8. The SMILES string of the molecule is Cc1c(C(=O)NCCc2ccc(-n3cccn3)cc2)[nH]c2c1C(=O)CCC2. The number of rotatable bonds is 5. The van der Waals surface area contributed by atoms with Crippen molar-refractivity contribution < 1.29 is 9.59 Å². The van der Waals surface area contributed by atoms with Gasteiger partial charge < -0.3 is 10.3 Å². The highest BCUT2D eigenvalue weighted by Gasteiger charge is 2.26. The lowest BCUT2D eigenvalue weighted by Crippen LogP contribution is -2.26. The first-order valence-corrected chi connectivity index (χ1v) is 9.25. The van der Waals surface area contributed by atoms with Crippen LogP contribution in [0.2, 0.25) is 0 Å². The number of nitrogens with one attached hydrogen (secondary N) is 2. The first-order valence-electron chi connectivity index (χ1n) is 9.25. The van der Waals surface area contributed by atoms with E-state index in [-0.39, 0.29) is 11.7 Å². The summed E-state index contributed by atoms with van der Waals surface area (Å²) in [6.45, 7) is 2.39. The monoisotopic (exact) mass is 362 g/mol. The Morgan fingerprint density at radius 3 is 2.78 bits per heavy atom. The minimum Gasteiger partial charge on any atom is -0.354 e.